The third kappa shape index (κ3) is 12.3. The molecule has 0 aromatic rings. The molecule has 0 aromatic carbocycles. The minimum absolute atomic E-state index is 0.188. The van der Waals surface area contributed by atoms with Crippen LogP contribution in [-0.4, -0.2) is 131 Å². The molecule has 9 N–H and O–H groups in total. The van der Waals surface area contributed by atoms with E-state index in [-0.39, 0.29) is 26.4 Å². The fourth-order valence-electron chi connectivity index (χ4n) is 2.14. The Morgan fingerprint density at radius 2 is 0.875 bits per heavy atom. The van der Waals surface area contributed by atoms with Crippen LogP contribution >= 0.6 is 0 Å². The highest BCUT2D eigenvalue weighted by atomic mass is 16.5. The Kier molecular flexibility index (Phi) is 19.2. The summed E-state index contributed by atoms with van der Waals surface area (Å²) in [6.07, 6.45) is 2.08. The zero-order valence-electron chi connectivity index (χ0n) is 18.9. The van der Waals surface area contributed by atoms with Gasteiger partial charge in [0.25, 0.3) is 0 Å². The number of aliphatic carboxylic acids is 1. The van der Waals surface area contributed by atoms with Crippen molar-refractivity contribution in [3.8, 4) is 0 Å². The molecular formula is C20H42O12. The standard InChI is InChI=1S/C15H32O10.C5H10O2/c16-1-13(2-17,3-18)9-24-11-15(7-22,8-23)12-25-10-14(4-19,5-20)6-21;1-2-3-4-5(6)7/h16-23H,1-12H2;2-4H2,1H3,(H,6,7). The summed E-state index contributed by atoms with van der Waals surface area (Å²) in [5, 5.41) is 82.6. The summed E-state index contributed by atoms with van der Waals surface area (Å²) in [6.45, 7) is -2.85. The maximum Gasteiger partial charge on any atom is 0.303 e. The highest BCUT2D eigenvalue weighted by molar-refractivity contribution is 5.66. The van der Waals surface area contributed by atoms with Crippen LogP contribution in [0.1, 0.15) is 26.2 Å². The molecular weight excluding hydrogens is 432 g/mol. The normalized spacial score (nSPS) is 12.4. The van der Waals surface area contributed by atoms with Gasteiger partial charge >= 0.3 is 5.97 Å². The van der Waals surface area contributed by atoms with Gasteiger partial charge < -0.3 is 55.4 Å². The van der Waals surface area contributed by atoms with Gasteiger partial charge in [0.15, 0.2) is 0 Å². The average molecular weight is 475 g/mol. The molecule has 0 saturated carbocycles. The lowest BCUT2D eigenvalue weighted by molar-refractivity contribution is -0.137. The average Bonchev–Trinajstić information content (AvgIpc) is 2.83. The molecule has 0 aliphatic heterocycles. The van der Waals surface area contributed by atoms with Gasteiger partial charge in [-0.15, -0.1) is 0 Å². The Morgan fingerprint density at radius 1 is 0.594 bits per heavy atom. The Bertz CT molecular complexity index is 403. The van der Waals surface area contributed by atoms with E-state index < -0.39 is 75.1 Å². The minimum Gasteiger partial charge on any atom is -0.481 e. The first-order valence-electron chi connectivity index (χ1n) is 10.4. The number of carbonyl (C=O) groups is 1. The minimum atomic E-state index is -1.24. The van der Waals surface area contributed by atoms with Crippen molar-refractivity contribution in [1.29, 1.82) is 0 Å². The second-order valence-corrected chi connectivity index (χ2v) is 8.25. The molecule has 0 unspecified atom stereocenters. The monoisotopic (exact) mass is 474 g/mol. The molecule has 0 bridgehead atoms. The van der Waals surface area contributed by atoms with Crippen molar-refractivity contribution in [2.24, 2.45) is 16.2 Å². The van der Waals surface area contributed by atoms with Crippen molar-refractivity contribution in [3.05, 3.63) is 0 Å². The maximum absolute atomic E-state index is 9.76. The number of carboxylic acids is 1. The van der Waals surface area contributed by atoms with E-state index in [9.17, 15) is 45.6 Å². The summed E-state index contributed by atoms with van der Waals surface area (Å²) in [7, 11) is 0. The lowest BCUT2D eigenvalue weighted by Crippen LogP contribution is -2.45. The third-order valence-electron chi connectivity index (χ3n) is 5.06. The van der Waals surface area contributed by atoms with Crippen LogP contribution in [-0.2, 0) is 14.3 Å². The van der Waals surface area contributed by atoms with Gasteiger partial charge in [-0.2, -0.15) is 0 Å². The lowest BCUT2D eigenvalue weighted by Gasteiger charge is -2.34. The molecule has 0 spiro atoms. The molecule has 0 rings (SSSR count). The fraction of sp³-hybridized carbons (Fsp3) is 0.950. The Labute approximate surface area is 188 Å². The first kappa shape index (κ1) is 33.2. The molecule has 0 aromatic heterocycles. The number of ether oxygens (including phenoxy) is 2. The Morgan fingerprint density at radius 3 is 1.06 bits per heavy atom. The van der Waals surface area contributed by atoms with Crippen molar-refractivity contribution in [1.82, 2.24) is 0 Å². The van der Waals surface area contributed by atoms with Gasteiger partial charge in [-0.25, -0.2) is 0 Å². The maximum atomic E-state index is 9.76. The molecule has 0 fully saturated rings. The molecule has 0 aliphatic carbocycles. The van der Waals surface area contributed by atoms with E-state index in [4.69, 9.17) is 14.6 Å². The fourth-order valence-corrected chi connectivity index (χ4v) is 2.14. The van der Waals surface area contributed by atoms with Crippen LogP contribution < -0.4 is 0 Å². The molecule has 12 nitrogen and oxygen atoms in total. The predicted octanol–water partition coefficient (Wildman–Crippen LogP) is -2.82. The van der Waals surface area contributed by atoms with Gasteiger partial charge in [0.05, 0.1) is 95.5 Å². The van der Waals surface area contributed by atoms with Crippen LogP contribution in [0.15, 0.2) is 0 Å². The molecule has 12 heteroatoms. The van der Waals surface area contributed by atoms with Crippen molar-refractivity contribution in [2.45, 2.75) is 26.2 Å². The number of hydrogen-bond acceptors (Lipinski definition) is 11. The number of carboxylic acid groups (broad SMARTS) is 1. The first-order chi connectivity index (χ1) is 15.2. The number of aliphatic hydroxyl groups excluding tert-OH is 8. The topological polar surface area (TPSA) is 218 Å². The number of rotatable bonds is 19. The van der Waals surface area contributed by atoms with Crippen molar-refractivity contribution >= 4 is 5.97 Å². The second-order valence-electron chi connectivity index (χ2n) is 8.25. The van der Waals surface area contributed by atoms with E-state index in [0.29, 0.717) is 6.42 Å². The van der Waals surface area contributed by atoms with Crippen LogP contribution in [0.3, 0.4) is 0 Å². The predicted molar refractivity (Wildman–Crippen MR) is 113 cm³/mol. The van der Waals surface area contributed by atoms with Crippen LogP contribution in [0.2, 0.25) is 0 Å². The van der Waals surface area contributed by atoms with Gasteiger partial charge in [0, 0.05) is 6.42 Å². The summed E-state index contributed by atoms with van der Waals surface area (Å²) in [6, 6.07) is 0. The van der Waals surface area contributed by atoms with Gasteiger partial charge in [0.1, 0.15) is 0 Å². The van der Waals surface area contributed by atoms with Gasteiger partial charge in [-0.3, -0.25) is 4.79 Å². The second kappa shape index (κ2) is 18.5. The van der Waals surface area contributed by atoms with Crippen molar-refractivity contribution in [3.63, 3.8) is 0 Å². The quantitative estimate of drug-likeness (QED) is 0.0926. The van der Waals surface area contributed by atoms with E-state index in [2.05, 4.69) is 0 Å². The van der Waals surface area contributed by atoms with Gasteiger partial charge in [0.2, 0.25) is 0 Å². The van der Waals surface area contributed by atoms with Crippen LogP contribution in [0.4, 0.5) is 0 Å². The smallest absolute Gasteiger partial charge is 0.303 e. The van der Waals surface area contributed by atoms with Gasteiger partial charge in [-0.1, -0.05) is 13.3 Å². The van der Waals surface area contributed by atoms with E-state index in [1.165, 1.54) is 0 Å². The highest BCUT2D eigenvalue weighted by Gasteiger charge is 2.35. The molecule has 194 valence electrons. The van der Waals surface area contributed by atoms with Gasteiger partial charge in [-0.05, 0) is 6.42 Å². The molecule has 0 heterocycles. The first-order valence-corrected chi connectivity index (χ1v) is 10.4. The third-order valence-corrected chi connectivity index (χ3v) is 5.06. The molecule has 0 amide bonds. The van der Waals surface area contributed by atoms with Crippen LogP contribution in [0.5, 0.6) is 0 Å². The molecule has 0 atom stereocenters. The highest BCUT2D eigenvalue weighted by Crippen LogP contribution is 2.23. The molecule has 0 radical (unpaired) electrons. The molecule has 0 saturated heterocycles. The summed E-state index contributed by atoms with van der Waals surface area (Å²) >= 11 is 0. The zero-order valence-corrected chi connectivity index (χ0v) is 18.9. The number of aliphatic hydroxyl groups is 8. The molecule has 32 heavy (non-hydrogen) atoms. The van der Waals surface area contributed by atoms with Crippen molar-refractivity contribution < 1.29 is 60.2 Å². The van der Waals surface area contributed by atoms with E-state index in [1.54, 1.807) is 0 Å². The molecule has 0 aliphatic rings. The SMILES string of the molecule is CCCCC(=O)O.OCC(CO)(CO)COCC(CO)(CO)COCC(CO)(CO)CO. The largest absolute Gasteiger partial charge is 0.481 e. The number of hydrogen-bond donors (Lipinski definition) is 9. The van der Waals surface area contributed by atoms with E-state index in [1.807, 2.05) is 6.92 Å². The van der Waals surface area contributed by atoms with E-state index in [0.717, 1.165) is 12.8 Å². The zero-order chi connectivity index (χ0) is 25.1. The summed E-state index contributed by atoms with van der Waals surface area (Å²) in [4.78, 5) is 9.76. The lowest BCUT2D eigenvalue weighted by atomic mass is 9.90. The van der Waals surface area contributed by atoms with Crippen LogP contribution in [0, 0.1) is 16.2 Å². The number of unbranched alkanes of at least 4 members (excludes halogenated alkanes) is 1. The van der Waals surface area contributed by atoms with Crippen LogP contribution in [0.25, 0.3) is 0 Å². The summed E-state index contributed by atoms with van der Waals surface area (Å²) < 4.78 is 10.7. The Balaban J connectivity index is 0. The van der Waals surface area contributed by atoms with E-state index >= 15 is 0 Å². The summed E-state index contributed by atoms with van der Waals surface area (Å²) in [5.41, 5.74) is -3.69. The Hall–Kier alpha value is -0.930. The van der Waals surface area contributed by atoms with Crippen molar-refractivity contribution in [2.75, 3.05) is 79.3 Å². The summed E-state index contributed by atoms with van der Waals surface area (Å²) in [5.74, 6) is -0.693.